The molecule has 0 bridgehead atoms. The zero-order valence-corrected chi connectivity index (χ0v) is 17.4. The second kappa shape index (κ2) is 8.88. The van der Waals surface area contributed by atoms with Crippen LogP contribution in [-0.4, -0.2) is 36.9 Å². The summed E-state index contributed by atoms with van der Waals surface area (Å²) in [7, 11) is 0. The van der Waals surface area contributed by atoms with Crippen LogP contribution < -0.4 is 11.2 Å². The lowest BCUT2D eigenvalue weighted by molar-refractivity contribution is 0.0949. The van der Waals surface area contributed by atoms with Crippen LogP contribution in [0.5, 0.6) is 0 Å². The molecule has 0 fully saturated rings. The highest BCUT2D eigenvalue weighted by Crippen LogP contribution is 2.25. The topological polar surface area (TPSA) is 137 Å². The van der Waals surface area contributed by atoms with E-state index in [9.17, 15) is 4.79 Å². The first-order valence-electron chi connectivity index (χ1n) is 8.73. The average Bonchev–Trinajstić information content (AvgIpc) is 3.51. The molecule has 0 aliphatic heterocycles. The van der Waals surface area contributed by atoms with Crippen molar-refractivity contribution in [3.05, 3.63) is 64.1 Å². The molecule has 0 saturated carbocycles. The molecular weight excluding hydrogens is 424 g/mol. The molecule has 0 radical (unpaired) electrons. The molecule has 0 spiro atoms. The molecule has 0 aliphatic carbocycles. The lowest BCUT2D eigenvalue weighted by Gasteiger charge is -2.06. The van der Waals surface area contributed by atoms with Crippen LogP contribution in [-0.2, 0) is 5.75 Å². The van der Waals surface area contributed by atoms with Crippen molar-refractivity contribution in [3.63, 3.8) is 0 Å². The van der Waals surface area contributed by atoms with Crippen LogP contribution in [0.1, 0.15) is 28.0 Å². The molecule has 0 unspecified atom stereocenters. The number of amides is 1. The van der Waals surface area contributed by atoms with Gasteiger partial charge in [-0.05, 0) is 40.8 Å². The molecular formula is C18H16N8O2S2. The third-order valence-corrected chi connectivity index (χ3v) is 6.00. The van der Waals surface area contributed by atoms with Crippen LogP contribution in [0.25, 0.3) is 5.82 Å². The summed E-state index contributed by atoms with van der Waals surface area (Å²) in [5.41, 5.74) is 9.64. The molecule has 10 nitrogen and oxygen atoms in total. The lowest BCUT2D eigenvalue weighted by atomic mass is 10.3. The molecule has 12 heteroatoms. The van der Waals surface area contributed by atoms with Gasteiger partial charge in [-0.25, -0.2) is 10.1 Å². The standard InChI is InChI=1S/C18H16N8O2S2/c1-11(14-8-5-9-29-14)20-22-18(27)15-13(10-30-12-6-3-2-4-7-12)26(25-21-15)17-16(19)23-28-24-17/h2-9H,10H2,1H3,(H2,19,23)(H,22,27)/b20-11+. The molecule has 1 aromatic carbocycles. The summed E-state index contributed by atoms with van der Waals surface area (Å²) in [6.45, 7) is 1.82. The smallest absolute Gasteiger partial charge is 0.293 e. The lowest BCUT2D eigenvalue weighted by Crippen LogP contribution is -2.21. The summed E-state index contributed by atoms with van der Waals surface area (Å²) < 4.78 is 6.02. The van der Waals surface area contributed by atoms with Gasteiger partial charge in [-0.15, -0.1) is 28.2 Å². The van der Waals surface area contributed by atoms with E-state index in [0.29, 0.717) is 17.2 Å². The molecule has 0 aliphatic rings. The maximum Gasteiger partial charge on any atom is 0.293 e. The van der Waals surface area contributed by atoms with Crippen LogP contribution >= 0.6 is 23.1 Å². The van der Waals surface area contributed by atoms with Crippen molar-refractivity contribution in [2.45, 2.75) is 17.6 Å². The monoisotopic (exact) mass is 440 g/mol. The number of hydrogen-bond acceptors (Lipinski definition) is 10. The number of thioether (sulfide) groups is 1. The molecule has 3 heterocycles. The fourth-order valence-corrected chi connectivity index (χ4v) is 4.10. The highest BCUT2D eigenvalue weighted by molar-refractivity contribution is 7.98. The quantitative estimate of drug-likeness (QED) is 0.254. The third kappa shape index (κ3) is 4.23. The Hall–Kier alpha value is -3.51. The maximum absolute atomic E-state index is 12.8. The number of carbonyl (C=O) groups is 1. The van der Waals surface area contributed by atoms with Gasteiger partial charge in [0.15, 0.2) is 5.69 Å². The van der Waals surface area contributed by atoms with E-state index in [1.165, 1.54) is 27.8 Å². The van der Waals surface area contributed by atoms with Gasteiger partial charge in [0, 0.05) is 15.5 Å². The van der Waals surface area contributed by atoms with Crippen LogP contribution in [0.2, 0.25) is 0 Å². The van der Waals surface area contributed by atoms with Crippen molar-refractivity contribution < 1.29 is 9.42 Å². The number of aromatic nitrogens is 5. The molecule has 0 atom stereocenters. The first kappa shape index (κ1) is 19.8. The van der Waals surface area contributed by atoms with Gasteiger partial charge in [-0.2, -0.15) is 9.78 Å². The van der Waals surface area contributed by atoms with Crippen molar-refractivity contribution in [2.24, 2.45) is 5.10 Å². The number of benzene rings is 1. The van der Waals surface area contributed by atoms with Crippen LogP contribution in [0, 0.1) is 0 Å². The summed E-state index contributed by atoms with van der Waals surface area (Å²) in [5, 5.41) is 21.5. The highest BCUT2D eigenvalue weighted by atomic mass is 32.2. The molecule has 152 valence electrons. The van der Waals surface area contributed by atoms with Gasteiger partial charge in [-0.1, -0.05) is 29.5 Å². The number of anilines is 1. The summed E-state index contributed by atoms with van der Waals surface area (Å²) >= 11 is 3.05. The van der Waals surface area contributed by atoms with Gasteiger partial charge < -0.3 is 5.73 Å². The van der Waals surface area contributed by atoms with E-state index in [2.05, 4.69) is 35.8 Å². The number of nitrogens with zero attached hydrogens (tertiary/aromatic N) is 6. The number of nitrogens with two attached hydrogens (primary N) is 1. The van der Waals surface area contributed by atoms with Crippen molar-refractivity contribution >= 4 is 40.5 Å². The molecule has 4 aromatic rings. The number of nitrogen functional groups attached to an aromatic ring is 1. The van der Waals surface area contributed by atoms with Crippen LogP contribution in [0.3, 0.4) is 0 Å². The molecule has 1 amide bonds. The van der Waals surface area contributed by atoms with E-state index in [4.69, 9.17) is 5.73 Å². The zero-order valence-electron chi connectivity index (χ0n) is 15.7. The van der Waals surface area contributed by atoms with E-state index >= 15 is 0 Å². The van der Waals surface area contributed by atoms with Gasteiger partial charge in [-0.3, -0.25) is 4.79 Å². The Morgan fingerprint density at radius 3 is 2.80 bits per heavy atom. The van der Waals surface area contributed by atoms with Gasteiger partial charge >= 0.3 is 0 Å². The Balaban J connectivity index is 1.61. The Morgan fingerprint density at radius 2 is 2.10 bits per heavy atom. The minimum absolute atomic E-state index is 0.0457. The molecule has 0 saturated heterocycles. The predicted octanol–water partition coefficient (Wildman–Crippen LogP) is 2.74. The fourth-order valence-electron chi connectivity index (χ4n) is 2.51. The van der Waals surface area contributed by atoms with E-state index in [1.54, 1.807) is 0 Å². The first-order valence-corrected chi connectivity index (χ1v) is 10.6. The van der Waals surface area contributed by atoms with E-state index in [-0.39, 0.29) is 17.3 Å². The molecule has 4 rings (SSSR count). The Kier molecular flexibility index (Phi) is 5.86. The highest BCUT2D eigenvalue weighted by Gasteiger charge is 2.24. The Morgan fingerprint density at radius 1 is 1.27 bits per heavy atom. The van der Waals surface area contributed by atoms with Gasteiger partial charge in [0.05, 0.1) is 11.4 Å². The summed E-state index contributed by atoms with van der Waals surface area (Å²) in [6.07, 6.45) is 0. The minimum Gasteiger partial charge on any atom is -0.378 e. The summed E-state index contributed by atoms with van der Waals surface area (Å²) in [4.78, 5) is 14.8. The van der Waals surface area contributed by atoms with E-state index in [1.807, 2.05) is 54.8 Å². The molecule has 30 heavy (non-hydrogen) atoms. The van der Waals surface area contributed by atoms with Crippen molar-refractivity contribution in [2.75, 3.05) is 5.73 Å². The molecule has 3 aromatic heterocycles. The fraction of sp³-hybridized carbons (Fsp3) is 0.111. The third-order valence-electron chi connectivity index (χ3n) is 4.00. The van der Waals surface area contributed by atoms with Gasteiger partial charge in [0.1, 0.15) is 0 Å². The number of rotatable bonds is 7. The van der Waals surface area contributed by atoms with Crippen LogP contribution in [0.15, 0.2) is 62.5 Å². The summed E-state index contributed by atoms with van der Waals surface area (Å²) in [6, 6.07) is 13.6. The maximum atomic E-state index is 12.8. The zero-order chi connectivity index (χ0) is 20.9. The van der Waals surface area contributed by atoms with Crippen LogP contribution in [0.4, 0.5) is 5.82 Å². The largest absolute Gasteiger partial charge is 0.378 e. The second-order valence-electron chi connectivity index (χ2n) is 5.99. The number of thiophene rings is 1. The normalized spacial score (nSPS) is 11.6. The van der Waals surface area contributed by atoms with Crippen molar-refractivity contribution in [1.29, 1.82) is 0 Å². The summed E-state index contributed by atoms with van der Waals surface area (Å²) in [5.74, 6) is 0.114. The Labute approximate surface area is 179 Å². The van der Waals surface area contributed by atoms with E-state index < -0.39 is 5.91 Å². The van der Waals surface area contributed by atoms with Crippen molar-refractivity contribution in [3.8, 4) is 5.82 Å². The van der Waals surface area contributed by atoms with Gasteiger partial charge in [0.2, 0.25) is 11.6 Å². The SMILES string of the molecule is C/C(=N\NC(=O)c1nnn(-c2nonc2N)c1CSc1ccccc1)c1cccs1. The predicted molar refractivity (Wildman–Crippen MR) is 114 cm³/mol. The molecule has 3 N–H and O–H groups in total. The first-order chi connectivity index (χ1) is 14.6. The average molecular weight is 441 g/mol. The van der Waals surface area contributed by atoms with Gasteiger partial charge in [0.25, 0.3) is 5.91 Å². The number of hydrazone groups is 1. The second-order valence-corrected chi connectivity index (χ2v) is 7.98. The number of nitrogens with one attached hydrogen (secondary N) is 1. The number of hydrogen-bond donors (Lipinski definition) is 2. The van der Waals surface area contributed by atoms with E-state index in [0.717, 1.165) is 9.77 Å². The van der Waals surface area contributed by atoms with Crippen molar-refractivity contribution in [1.82, 2.24) is 30.7 Å². The number of carbonyl (C=O) groups excluding carboxylic acids is 1. The minimum atomic E-state index is -0.490. The Bertz CT molecular complexity index is 1170.